The van der Waals surface area contributed by atoms with Crippen LogP contribution in [0.25, 0.3) is 0 Å². The van der Waals surface area contributed by atoms with Gasteiger partial charge in [0.25, 0.3) is 5.24 Å². The number of rotatable bonds is 3. The van der Waals surface area contributed by atoms with Gasteiger partial charge in [-0.3, -0.25) is 14.9 Å². The van der Waals surface area contributed by atoms with Crippen molar-refractivity contribution >= 4 is 22.9 Å². The fraction of sp³-hybridized carbons (Fsp3) is 0.882. The summed E-state index contributed by atoms with van der Waals surface area (Å²) < 4.78 is 0. The Bertz CT molecular complexity index is 404. The minimum atomic E-state index is -0.158. The second-order valence-corrected chi connectivity index (χ2v) is 8.61. The molecule has 1 heterocycles. The van der Waals surface area contributed by atoms with Crippen molar-refractivity contribution in [2.45, 2.75) is 70.0 Å². The molecule has 3 atom stereocenters. The van der Waals surface area contributed by atoms with Gasteiger partial charge in [0.15, 0.2) is 0 Å². The molecule has 0 aromatic rings. The van der Waals surface area contributed by atoms with Gasteiger partial charge in [0, 0.05) is 0 Å². The van der Waals surface area contributed by atoms with Crippen molar-refractivity contribution in [2.75, 3.05) is 0 Å². The molecule has 0 radical (unpaired) electrons. The number of carbonyl (C=O) groups excluding carboxylic acids is 2. The van der Waals surface area contributed by atoms with Gasteiger partial charge in [-0.1, -0.05) is 50.8 Å². The summed E-state index contributed by atoms with van der Waals surface area (Å²) in [5, 5.41) is 2.13. The molecule has 1 aliphatic heterocycles. The van der Waals surface area contributed by atoms with Crippen molar-refractivity contribution in [3.63, 3.8) is 0 Å². The molecule has 0 aromatic heterocycles. The summed E-state index contributed by atoms with van der Waals surface area (Å²) in [6, 6.07) is 0. The maximum absolute atomic E-state index is 11.7. The molecule has 1 N–H and O–H groups in total. The fourth-order valence-corrected chi connectivity index (χ4v) is 5.61. The van der Waals surface area contributed by atoms with Crippen LogP contribution >= 0.6 is 11.8 Å². The fourth-order valence-electron chi connectivity index (χ4n) is 4.66. The van der Waals surface area contributed by atoms with E-state index < -0.39 is 0 Å². The maximum Gasteiger partial charge on any atom is 0.286 e. The van der Waals surface area contributed by atoms with Crippen LogP contribution in [0.5, 0.6) is 0 Å². The molecule has 0 spiro atoms. The predicted molar refractivity (Wildman–Crippen MR) is 86.1 cm³/mol. The molecule has 2 aliphatic carbocycles. The monoisotopic (exact) mass is 309 g/mol. The van der Waals surface area contributed by atoms with Crippen LogP contribution in [0.15, 0.2) is 0 Å². The van der Waals surface area contributed by atoms with Gasteiger partial charge in [-0.05, 0) is 49.4 Å². The van der Waals surface area contributed by atoms with Gasteiger partial charge in [-0.2, -0.15) is 0 Å². The third-order valence-corrected chi connectivity index (χ3v) is 6.86. The smallest absolute Gasteiger partial charge is 0.286 e. The lowest BCUT2D eigenvalue weighted by Gasteiger charge is -2.38. The Morgan fingerprint density at radius 3 is 2.43 bits per heavy atom. The number of imide groups is 1. The highest BCUT2D eigenvalue weighted by molar-refractivity contribution is 8.15. The molecule has 3 nitrogen and oxygen atoms in total. The van der Waals surface area contributed by atoms with Crippen LogP contribution in [0.4, 0.5) is 4.79 Å². The van der Waals surface area contributed by atoms with Crippen molar-refractivity contribution in [3.8, 4) is 0 Å². The Balaban J connectivity index is 1.44. The van der Waals surface area contributed by atoms with Crippen molar-refractivity contribution in [1.82, 2.24) is 5.32 Å². The molecule has 21 heavy (non-hydrogen) atoms. The number of thioether (sulfide) groups is 1. The van der Waals surface area contributed by atoms with E-state index >= 15 is 0 Å². The van der Waals surface area contributed by atoms with Gasteiger partial charge >= 0.3 is 0 Å². The van der Waals surface area contributed by atoms with Crippen LogP contribution in [-0.2, 0) is 4.79 Å². The lowest BCUT2D eigenvalue weighted by atomic mass is 9.68. The van der Waals surface area contributed by atoms with Crippen LogP contribution in [-0.4, -0.2) is 16.4 Å². The van der Waals surface area contributed by atoms with E-state index in [0.29, 0.717) is 5.92 Å². The maximum atomic E-state index is 11.7. The van der Waals surface area contributed by atoms with Gasteiger partial charge in [0.1, 0.15) is 0 Å². The highest BCUT2D eigenvalue weighted by atomic mass is 32.2. The third kappa shape index (κ3) is 3.82. The zero-order valence-corrected chi connectivity index (χ0v) is 13.8. The zero-order chi connectivity index (χ0) is 14.8. The van der Waals surface area contributed by atoms with Crippen LogP contribution < -0.4 is 5.32 Å². The Morgan fingerprint density at radius 2 is 1.81 bits per heavy atom. The number of amides is 2. The first-order valence-corrected chi connectivity index (χ1v) is 9.51. The summed E-state index contributed by atoms with van der Waals surface area (Å²) >= 11 is 1.20. The largest absolute Gasteiger partial charge is 0.286 e. The Morgan fingerprint density at radius 1 is 1.05 bits per heavy atom. The van der Waals surface area contributed by atoms with E-state index in [1.165, 1.54) is 63.1 Å². The molecule has 3 rings (SSSR count). The summed E-state index contributed by atoms with van der Waals surface area (Å²) in [4.78, 5) is 22.9. The molecule has 3 unspecified atom stereocenters. The number of hydrogen-bond acceptors (Lipinski definition) is 3. The minimum absolute atomic E-state index is 0.0618. The Kier molecular flexibility index (Phi) is 4.92. The van der Waals surface area contributed by atoms with Crippen LogP contribution in [0, 0.1) is 23.7 Å². The second kappa shape index (κ2) is 6.72. The molecule has 118 valence electrons. The molecule has 2 amide bonds. The normalized spacial score (nSPS) is 41.1. The van der Waals surface area contributed by atoms with E-state index in [4.69, 9.17) is 0 Å². The lowest BCUT2D eigenvalue weighted by Crippen LogP contribution is -2.29. The molecule has 0 bridgehead atoms. The summed E-state index contributed by atoms with van der Waals surface area (Å²) in [6.07, 6.45) is 11.8. The van der Waals surface area contributed by atoms with E-state index in [-0.39, 0.29) is 16.4 Å². The van der Waals surface area contributed by atoms with Crippen LogP contribution in [0.2, 0.25) is 0 Å². The first kappa shape index (κ1) is 15.4. The Hall–Kier alpha value is -0.510. The first-order chi connectivity index (χ1) is 10.1. The van der Waals surface area contributed by atoms with E-state index in [2.05, 4.69) is 12.2 Å². The highest BCUT2D eigenvalue weighted by Gasteiger charge is 2.36. The molecular formula is C17H27NO2S. The number of hydrogen-bond donors (Lipinski definition) is 1. The van der Waals surface area contributed by atoms with Crippen LogP contribution in [0.1, 0.15) is 64.7 Å². The number of nitrogens with one attached hydrogen (secondary N) is 1. The van der Waals surface area contributed by atoms with Gasteiger partial charge < -0.3 is 0 Å². The molecule has 0 aromatic carbocycles. The molecule has 1 saturated heterocycles. The predicted octanol–water partition coefficient (Wildman–Crippen LogP) is 4.36. The minimum Gasteiger partial charge on any atom is -0.286 e. The third-order valence-electron chi connectivity index (χ3n) is 5.85. The molecule has 3 fully saturated rings. The molecule has 4 heteroatoms. The van der Waals surface area contributed by atoms with Gasteiger partial charge in [-0.15, -0.1) is 0 Å². The lowest BCUT2D eigenvalue weighted by molar-refractivity contribution is -0.119. The van der Waals surface area contributed by atoms with Crippen molar-refractivity contribution in [2.24, 2.45) is 23.7 Å². The number of carbonyl (C=O) groups is 2. The Labute approximate surface area is 132 Å². The van der Waals surface area contributed by atoms with Gasteiger partial charge in [0.05, 0.1) is 5.25 Å². The van der Waals surface area contributed by atoms with E-state index in [0.717, 1.165) is 24.2 Å². The SMILES string of the molecule is CC1CCCC(C2CCC(CC3SC(=O)NC3=O)CC2)C1. The molecular weight excluding hydrogens is 282 g/mol. The standard InChI is InChI=1S/C17H27NO2S/c1-11-3-2-4-14(9-11)13-7-5-12(6-8-13)10-15-16(19)18-17(20)21-15/h11-15H,2-10H2,1H3,(H,18,19,20). The van der Waals surface area contributed by atoms with Gasteiger partial charge in [0.2, 0.25) is 5.91 Å². The average molecular weight is 309 g/mol. The van der Waals surface area contributed by atoms with E-state index in [1.54, 1.807) is 0 Å². The summed E-state index contributed by atoms with van der Waals surface area (Å²) in [5.74, 6) is 3.40. The van der Waals surface area contributed by atoms with Crippen molar-refractivity contribution in [3.05, 3.63) is 0 Å². The topological polar surface area (TPSA) is 46.2 Å². The summed E-state index contributed by atoms with van der Waals surface area (Å²) in [6.45, 7) is 2.41. The average Bonchev–Trinajstić information content (AvgIpc) is 2.78. The second-order valence-electron chi connectivity index (χ2n) is 7.43. The first-order valence-electron chi connectivity index (χ1n) is 8.63. The summed E-state index contributed by atoms with van der Waals surface area (Å²) in [5.41, 5.74) is 0. The van der Waals surface area contributed by atoms with Gasteiger partial charge in [-0.25, -0.2) is 0 Å². The highest BCUT2D eigenvalue weighted by Crippen LogP contribution is 2.43. The van der Waals surface area contributed by atoms with E-state index in [1.807, 2.05) is 0 Å². The van der Waals surface area contributed by atoms with Crippen molar-refractivity contribution in [1.29, 1.82) is 0 Å². The quantitative estimate of drug-likeness (QED) is 0.842. The summed E-state index contributed by atoms with van der Waals surface area (Å²) in [7, 11) is 0. The van der Waals surface area contributed by atoms with Crippen molar-refractivity contribution < 1.29 is 9.59 Å². The zero-order valence-electron chi connectivity index (χ0n) is 13.0. The molecule has 2 saturated carbocycles. The van der Waals surface area contributed by atoms with Crippen LogP contribution in [0.3, 0.4) is 0 Å². The van der Waals surface area contributed by atoms with E-state index in [9.17, 15) is 9.59 Å². The molecule has 3 aliphatic rings.